The van der Waals surface area contributed by atoms with Crippen LogP contribution in [0.5, 0.6) is 5.75 Å². The summed E-state index contributed by atoms with van der Waals surface area (Å²) in [6.07, 6.45) is 3.47. The van der Waals surface area contributed by atoms with Crippen LogP contribution in [0.1, 0.15) is 12.0 Å². The number of nitrogens with zero attached hydrogens (tertiary/aromatic N) is 2. The number of amides is 1. The van der Waals surface area contributed by atoms with E-state index in [0.717, 1.165) is 40.7 Å². The number of benzene rings is 2. The number of fused-ring (bicyclic) bond motifs is 2. The molecular formula is C23H27FIN5O2. The maximum Gasteiger partial charge on any atom is 0.265 e. The molecule has 7 nitrogen and oxygen atoms in total. The fourth-order valence-corrected chi connectivity index (χ4v) is 3.74. The molecule has 0 atom stereocenters. The van der Waals surface area contributed by atoms with Crippen LogP contribution in [0.25, 0.3) is 10.9 Å². The molecule has 1 aliphatic heterocycles. The van der Waals surface area contributed by atoms with Gasteiger partial charge in [-0.25, -0.2) is 4.39 Å². The van der Waals surface area contributed by atoms with E-state index in [-0.39, 0.29) is 42.3 Å². The molecule has 2 heterocycles. The Labute approximate surface area is 203 Å². The van der Waals surface area contributed by atoms with Gasteiger partial charge in [-0.1, -0.05) is 12.1 Å². The van der Waals surface area contributed by atoms with Crippen LogP contribution in [0, 0.1) is 5.82 Å². The van der Waals surface area contributed by atoms with Gasteiger partial charge in [0.1, 0.15) is 11.6 Å². The summed E-state index contributed by atoms with van der Waals surface area (Å²) in [5, 5.41) is 7.61. The first-order chi connectivity index (χ1) is 15.2. The third kappa shape index (κ3) is 5.50. The second-order valence-electron chi connectivity index (χ2n) is 7.33. The van der Waals surface area contributed by atoms with E-state index in [1.54, 1.807) is 18.0 Å². The SMILES string of the molecule is CN=C(NCCCN1C(=O)COc2ccccc21)NCCc1c[nH]c2cc(F)ccc12.I. The van der Waals surface area contributed by atoms with Gasteiger partial charge < -0.3 is 25.3 Å². The zero-order chi connectivity index (χ0) is 21.6. The van der Waals surface area contributed by atoms with E-state index in [1.807, 2.05) is 30.5 Å². The number of anilines is 1. The third-order valence-corrected chi connectivity index (χ3v) is 5.30. The number of hydrogen-bond donors (Lipinski definition) is 3. The highest BCUT2D eigenvalue weighted by Crippen LogP contribution is 2.31. The molecule has 0 spiro atoms. The molecule has 0 aliphatic carbocycles. The zero-order valence-electron chi connectivity index (χ0n) is 17.9. The first-order valence-electron chi connectivity index (χ1n) is 10.4. The number of H-pyrrole nitrogens is 1. The van der Waals surface area contributed by atoms with Gasteiger partial charge in [-0.05, 0) is 48.7 Å². The summed E-state index contributed by atoms with van der Waals surface area (Å²) in [6, 6.07) is 12.4. The normalized spacial score (nSPS) is 13.4. The van der Waals surface area contributed by atoms with Crippen LogP contribution in [-0.2, 0) is 11.2 Å². The van der Waals surface area contributed by atoms with Gasteiger partial charge in [0.25, 0.3) is 5.91 Å². The highest BCUT2D eigenvalue weighted by molar-refractivity contribution is 14.0. The Bertz CT molecular complexity index is 1100. The summed E-state index contributed by atoms with van der Waals surface area (Å²) in [7, 11) is 1.73. The number of nitrogens with one attached hydrogen (secondary N) is 3. The molecule has 3 N–H and O–H groups in total. The molecule has 0 saturated carbocycles. The van der Waals surface area contributed by atoms with Crippen molar-refractivity contribution >= 4 is 52.4 Å². The molecule has 0 fully saturated rings. The van der Waals surface area contributed by atoms with Crippen LogP contribution < -0.4 is 20.3 Å². The number of guanidine groups is 1. The molecule has 170 valence electrons. The van der Waals surface area contributed by atoms with Gasteiger partial charge in [0.15, 0.2) is 12.6 Å². The molecule has 0 radical (unpaired) electrons. The van der Waals surface area contributed by atoms with E-state index in [1.165, 1.54) is 12.1 Å². The number of para-hydroxylation sites is 2. The Morgan fingerprint density at radius 1 is 1.22 bits per heavy atom. The third-order valence-electron chi connectivity index (χ3n) is 5.30. The van der Waals surface area contributed by atoms with E-state index in [9.17, 15) is 9.18 Å². The van der Waals surface area contributed by atoms with Crippen LogP contribution in [-0.4, -0.2) is 50.1 Å². The second-order valence-corrected chi connectivity index (χ2v) is 7.33. The quantitative estimate of drug-likeness (QED) is 0.182. The van der Waals surface area contributed by atoms with Crippen LogP contribution in [0.4, 0.5) is 10.1 Å². The predicted molar refractivity (Wildman–Crippen MR) is 136 cm³/mol. The van der Waals surface area contributed by atoms with Gasteiger partial charge in [0, 0.05) is 43.8 Å². The molecule has 0 unspecified atom stereocenters. The lowest BCUT2D eigenvalue weighted by Crippen LogP contribution is -2.42. The Kier molecular flexibility index (Phi) is 8.32. The molecule has 4 rings (SSSR count). The molecule has 0 saturated heterocycles. The summed E-state index contributed by atoms with van der Waals surface area (Å²) >= 11 is 0. The van der Waals surface area contributed by atoms with Crippen molar-refractivity contribution in [2.24, 2.45) is 4.99 Å². The Morgan fingerprint density at radius 3 is 2.88 bits per heavy atom. The molecule has 3 aromatic rings. The van der Waals surface area contributed by atoms with Crippen LogP contribution in [0.3, 0.4) is 0 Å². The second kappa shape index (κ2) is 11.2. The Hall–Kier alpha value is -2.82. The first-order valence-corrected chi connectivity index (χ1v) is 10.4. The van der Waals surface area contributed by atoms with E-state index in [2.05, 4.69) is 20.6 Å². The molecule has 1 aromatic heterocycles. The highest BCUT2D eigenvalue weighted by Gasteiger charge is 2.24. The molecule has 1 amide bonds. The molecule has 1 aliphatic rings. The van der Waals surface area contributed by atoms with Crippen LogP contribution in [0.15, 0.2) is 53.7 Å². The fourth-order valence-electron chi connectivity index (χ4n) is 3.74. The summed E-state index contributed by atoms with van der Waals surface area (Å²) in [4.78, 5) is 21.4. The predicted octanol–water partition coefficient (Wildman–Crippen LogP) is 3.45. The van der Waals surface area contributed by atoms with Crippen molar-refractivity contribution in [2.75, 3.05) is 38.2 Å². The Morgan fingerprint density at radius 2 is 2.03 bits per heavy atom. The minimum absolute atomic E-state index is 0. The van der Waals surface area contributed by atoms with E-state index >= 15 is 0 Å². The number of aromatic nitrogens is 1. The Balaban J connectivity index is 0.00000289. The topological polar surface area (TPSA) is 81.8 Å². The lowest BCUT2D eigenvalue weighted by molar-refractivity contribution is -0.121. The number of aliphatic imine (C=N–C) groups is 1. The van der Waals surface area contributed by atoms with Gasteiger partial charge >= 0.3 is 0 Å². The number of hydrogen-bond acceptors (Lipinski definition) is 3. The molecule has 9 heteroatoms. The molecule has 2 aromatic carbocycles. The van der Waals surface area contributed by atoms with Crippen molar-refractivity contribution in [1.29, 1.82) is 0 Å². The van der Waals surface area contributed by atoms with Crippen molar-refractivity contribution in [3.05, 3.63) is 60.0 Å². The van der Waals surface area contributed by atoms with E-state index in [0.29, 0.717) is 25.6 Å². The van der Waals surface area contributed by atoms with Gasteiger partial charge in [0.2, 0.25) is 0 Å². The van der Waals surface area contributed by atoms with Crippen molar-refractivity contribution in [2.45, 2.75) is 12.8 Å². The number of carbonyl (C=O) groups excluding carboxylic acids is 1. The van der Waals surface area contributed by atoms with Gasteiger partial charge in [-0.2, -0.15) is 0 Å². The fraction of sp³-hybridized carbons (Fsp3) is 0.304. The lowest BCUT2D eigenvalue weighted by atomic mass is 10.1. The van der Waals surface area contributed by atoms with Crippen LogP contribution >= 0.6 is 24.0 Å². The summed E-state index contributed by atoms with van der Waals surface area (Å²) < 4.78 is 18.8. The zero-order valence-corrected chi connectivity index (χ0v) is 20.2. The maximum absolute atomic E-state index is 13.3. The molecule has 32 heavy (non-hydrogen) atoms. The van der Waals surface area contributed by atoms with Gasteiger partial charge in [-0.15, -0.1) is 24.0 Å². The van der Waals surface area contributed by atoms with Gasteiger partial charge in [-0.3, -0.25) is 9.79 Å². The number of aromatic amines is 1. The van der Waals surface area contributed by atoms with Crippen LogP contribution in [0.2, 0.25) is 0 Å². The van der Waals surface area contributed by atoms with Crippen molar-refractivity contribution < 1.29 is 13.9 Å². The number of carbonyl (C=O) groups is 1. The first kappa shape index (κ1) is 23.8. The van der Waals surface area contributed by atoms with Crippen molar-refractivity contribution in [3.63, 3.8) is 0 Å². The maximum atomic E-state index is 13.3. The monoisotopic (exact) mass is 551 g/mol. The van der Waals surface area contributed by atoms with E-state index < -0.39 is 0 Å². The highest BCUT2D eigenvalue weighted by atomic mass is 127. The summed E-state index contributed by atoms with van der Waals surface area (Å²) in [5.41, 5.74) is 2.75. The number of ether oxygens (including phenoxy) is 1. The largest absolute Gasteiger partial charge is 0.482 e. The number of rotatable bonds is 7. The van der Waals surface area contributed by atoms with Crippen molar-refractivity contribution in [1.82, 2.24) is 15.6 Å². The molecule has 0 bridgehead atoms. The minimum atomic E-state index is -0.245. The minimum Gasteiger partial charge on any atom is -0.482 e. The van der Waals surface area contributed by atoms with Gasteiger partial charge in [0.05, 0.1) is 5.69 Å². The van der Waals surface area contributed by atoms with E-state index in [4.69, 9.17) is 4.74 Å². The average molecular weight is 551 g/mol. The number of halogens is 2. The summed E-state index contributed by atoms with van der Waals surface area (Å²) in [5.74, 6) is 1.18. The molecular weight excluding hydrogens is 524 g/mol. The lowest BCUT2D eigenvalue weighted by Gasteiger charge is -2.29. The average Bonchev–Trinajstić information content (AvgIpc) is 3.18. The van der Waals surface area contributed by atoms with Crippen molar-refractivity contribution in [3.8, 4) is 5.75 Å². The standard InChI is InChI=1S/C23H26FN5O2.HI/c1-25-23(27-11-9-16-14-28-19-13-17(24)7-8-18(16)19)26-10-4-12-29-20-5-2-3-6-21(20)31-15-22(29)30;/h2-3,5-8,13-14,28H,4,9-12,15H2,1H3,(H2,25,26,27);1H. The summed E-state index contributed by atoms with van der Waals surface area (Å²) in [6.45, 7) is 2.06. The smallest absolute Gasteiger partial charge is 0.265 e.